The minimum Gasteiger partial charge on any atom is -0.480 e. The summed E-state index contributed by atoms with van der Waals surface area (Å²) >= 11 is 0. The van der Waals surface area contributed by atoms with Crippen molar-refractivity contribution in [3.63, 3.8) is 0 Å². The van der Waals surface area contributed by atoms with Gasteiger partial charge in [0.1, 0.15) is 6.04 Å². The van der Waals surface area contributed by atoms with E-state index in [4.69, 9.17) is 10.8 Å². The molecule has 0 aliphatic heterocycles. The Labute approximate surface area is 95.0 Å². The molecule has 0 saturated heterocycles. The summed E-state index contributed by atoms with van der Waals surface area (Å²) in [5.41, 5.74) is 5.26. The number of carboxylic acid groups (broad SMARTS) is 1. The van der Waals surface area contributed by atoms with Gasteiger partial charge in [-0.3, -0.25) is 4.79 Å². The van der Waals surface area contributed by atoms with Crippen LogP contribution in [0.1, 0.15) is 6.42 Å². The number of aliphatic carboxylic acids is 1. The molecule has 7 nitrogen and oxygen atoms in total. The molecule has 0 fully saturated rings. The van der Waals surface area contributed by atoms with Crippen molar-refractivity contribution in [1.29, 1.82) is 0 Å². The van der Waals surface area contributed by atoms with Crippen molar-refractivity contribution in [1.82, 2.24) is 15.5 Å². The third kappa shape index (κ3) is 8.01. The first-order valence-electron chi connectivity index (χ1n) is 5.08. The highest BCUT2D eigenvalue weighted by Crippen LogP contribution is 1.85. The van der Waals surface area contributed by atoms with Gasteiger partial charge >= 0.3 is 12.0 Å². The topological polar surface area (TPSA) is 108 Å². The Hall–Kier alpha value is -1.34. The number of nitrogens with two attached hydrogens (primary N) is 1. The predicted octanol–water partition coefficient (Wildman–Crippen LogP) is -1.35. The van der Waals surface area contributed by atoms with Crippen LogP contribution in [-0.4, -0.2) is 61.8 Å². The highest BCUT2D eigenvalue weighted by Gasteiger charge is 2.10. The number of urea groups is 1. The standard InChI is InChI=1S/C9H20N4O3/c1-13(2)6-5-12-9(16)11-4-3-7(10)8(14)15/h7H,3-6,10H2,1-2H3,(H,14,15)(H2,11,12,16). The lowest BCUT2D eigenvalue weighted by molar-refractivity contribution is -0.138. The second-order valence-electron chi connectivity index (χ2n) is 3.72. The quantitative estimate of drug-likeness (QED) is 0.434. The number of rotatable bonds is 7. The zero-order valence-corrected chi connectivity index (χ0v) is 9.69. The fraction of sp³-hybridized carbons (Fsp3) is 0.778. The summed E-state index contributed by atoms with van der Waals surface area (Å²) in [7, 11) is 3.82. The van der Waals surface area contributed by atoms with Crippen molar-refractivity contribution < 1.29 is 14.7 Å². The lowest BCUT2D eigenvalue weighted by Crippen LogP contribution is -2.41. The summed E-state index contributed by atoms with van der Waals surface area (Å²) in [6.45, 7) is 1.55. The molecule has 16 heavy (non-hydrogen) atoms. The SMILES string of the molecule is CN(C)CCNC(=O)NCCC(N)C(=O)O. The van der Waals surface area contributed by atoms with Gasteiger partial charge in [0.2, 0.25) is 0 Å². The lowest BCUT2D eigenvalue weighted by Gasteiger charge is -2.11. The van der Waals surface area contributed by atoms with Crippen LogP contribution in [0.5, 0.6) is 0 Å². The summed E-state index contributed by atoms with van der Waals surface area (Å²) in [6, 6.07) is -1.23. The van der Waals surface area contributed by atoms with E-state index in [2.05, 4.69) is 10.6 Å². The molecule has 0 radical (unpaired) electrons. The van der Waals surface area contributed by atoms with Crippen LogP contribution in [0.4, 0.5) is 4.79 Å². The van der Waals surface area contributed by atoms with Gasteiger partial charge in [-0.2, -0.15) is 0 Å². The summed E-state index contributed by atoms with van der Waals surface area (Å²) in [6.07, 6.45) is 0.219. The van der Waals surface area contributed by atoms with E-state index < -0.39 is 12.0 Å². The van der Waals surface area contributed by atoms with Crippen molar-refractivity contribution in [2.45, 2.75) is 12.5 Å². The molecular weight excluding hydrogens is 212 g/mol. The Morgan fingerprint density at radius 1 is 1.31 bits per heavy atom. The highest BCUT2D eigenvalue weighted by atomic mass is 16.4. The zero-order valence-electron chi connectivity index (χ0n) is 9.69. The third-order valence-corrected chi connectivity index (χ3v) is 1.90. The highest BCUT2D eigenvalue weighted by molar-refractivity contribution is 5.74. The monoisotopic (exact) mass is 232 g/mol. The van der Waals surface area contributed by atoms with Gasteiger partial charge in [-0.25, -0.2) is 4.79 Å². The van der Waals surface area contributed by atoms with Crippen LogP contribution in [0, 0.1) is 0 Å². The molecule has 0 heterocycles. The van der Waals surface area contributed by atoms with Gasteiger partial charge in [0.05, 0.1) is 0 Å². The molecular formula is C9H20N4O3. The number of likely N-dealkylation sites (N-methyl/N-ethyl adjacent to an activating group) is 1. The van der Waals surface area contributed by atoms with Crippen LogP contribution in [-0.2, 0) is 4.79 Å². The summed E-state index contributed by atoms with van der Waals surface area (Å²) in [5.74, 6) is -1.06. The normalized spacial score (nSPS) is 12.2. The predicted molar refractivity (Wildman–Crippen MR) is 60.2 cm³/mol. The molecule has 7 heteroatoms. The van der Waals surface area contributed by atoms with Crippen molar-refractivity contribution in [2.24, 2.45) is 5.73 Å². The molecule has 0 aromatic heterocycles. The van der Waals surface area contributed by atoms with Crippen molar-refractivity contribution in [3.8, 4) is 0 Å². The maximum Gasteiger partial charge on any atom is 0.320 e. The molecule has 94 valence electrons. The smallest absolute Gasteiger partial charge is 0.320 e. The van der Waals surface area contributed by atoms with E-state index >= 15 is 0 Å². The van der Waals surface area contributed by atoms with E-state index in [1.807, 2.05) is 19.0 Å². The second-order valence-corrected chi connectivity index (χ2v) is 3.72. The first kappa shape index (κ1) is 14.7. The molecule has 0 spiro atoms. The fourth-order valence-electron chi connectivity index (χ4n) is 0.920. The molecule has 0 bridgehead atoms. The molecule has 0 aliphatic rings. The Kier molecular flexibility index (Phi) is 7.23. The van der Waals surface area contributed by atoms with Gasteiger partial charge in [-0.05, 0) is 20.5 Å². The molecule has 1 atom stereocenters. The molecule has 0 saturated carbocycles. The second kappa shape index (κ2) is 7.89. The lowest BCUT2D eigenvalue weighted by atomic mass is 10.2. The van der Waals surface area contributed by atoms with E-state index in [0.29, 0.717) is 6.54 Å². The molecule has 2 amide bonds. The number of carbonyl (C=O) groups excluding carboxylic acids is 1. The van der Waals surface area contributed by atoms with Crippen LogP contribution >= 0.6 is 0 Å². The van der Waals surface area contributed by atoms with Gasteiger partial charge in [-0.1, -0.05) is 0 Å². The number of nitrogens with zero attached hydrogens (tertiary/aromatic N) is 1. The Bertz CT molecular complexity index is 233. The van der Waals surface area contributed by atoms with Crippen molar-refractivity contribution >= 4 is 12.0 Å². The molecule has 1 unspecified atom stereocenters. The molecule has 0 aromatic carbocycles. The number of amides is 2. The average molecular weight is 232 g/mol. The number of nitrogens with one attached hydrogen (secondary N) is 2. The van der Waals surface area contributed by atoms with E-state index in [9.17, 15) is 9.59 Å². The number of hydrogen-bond donors (Lipinski definition) is 4. The first-order valence-corrected chi connectivity index (χ1v) is 5.08. The molecule has 0 aromatic rings. The van der Waals surface area contributed by atoms with Crippen LogP contribution in [0.2, 0.25) is 0 Å². The van der Waals surface area contributed by atoms with Crippen molar-refractivity contribution in [3.05, 3.63) is 0 Å². The van der Waals surface area contributed by atoms with Crippen LogP contribution in [0.15, 0.2) is 0 Å². The van der Waals surface area contributed by atoms with E-state index in [1.54, 1.807) is 0 Å². The molecule has 5 N–H and O–H groups in total. The summed E-state index contributed by atoms with van der Waals surface area (Å²) in [5, 5.41) is 13.7. The summed E-state index contributed by atoms with van der Waals surface area (Å²) < 4.78 is 0. The fourth-order valence-corrected chi connectivity index (χ4v) is 0.920. The van der Waals surface area contributed by atoms with Gasteiger partial charge in [0.25, 0.3) is 0 Å². The average Bonchev–Trinajstić information content (AvgIpc) is 2.16. The van der Waals surface area contributed by atoms with Gasteiger partial charge < -0.3 is 26.4 Å². The van der Waals surface area contributed by atoms with E-state index in [-0.39, 0.29) is 19.0 Å². The molecule has 0 aliphatic carbocycles. The van der Waals surface area contributed by atoms with E-state index in [0.717, 1.165) is 6.54 Å². The van der Waals surface area contributed by atoms with Crippen LogP contribution in [0.3, 0.4) is 0 Å². The van der Waals surface area contributed by atoms with Gasteiger partial charge in [0.15, 0.2) is 0 Å². The summed E-state index contributed by atoms with van der Waals surface area (Å²) in [4.78, 5) is 23.5. The Morgan fingerprint density at radius 2 is 1.88 bits per heavy atom. The van der Waals surface area contributed by atoms with Crippen LogP contribution < -0.4 is 16.4 Å². The van der Waals surface area contributed by atoms with Gasteiger partial charge in [0, 0.05) is 19.6 Å². The number of carboxylic acids is 1. The zero-order chi connectivity index (χ0) is 12.6. The number of carbonyl (C=O) groups is 2. The molecule has 0 rings (SSSR count). The maximum absolute atomic E-state index is 11.1. The minimum absolute atomic E-state index is 0.219. The van der Waals surface area contributed by atoms with Crippen molar-refractivity contribution in [2.75, 3.05) is 33.7 Å². The third-order valence-electron chi connectivity index (χ3n) is 1.90. The Balaban J connectivity index is 3.47. The number of hydrogen-bond acceptors (Lipinski definition) is 4. The largest absolute Gasteiger partial charge is 0.480 e. The maximum atomic E-state index is 11.1. The van der Waals surface area contributed by atoms with Gasteiger partial charge in [-0.15, -0.1) is 0 Å². The van der Waals surface area contributed by atoms with Crippen LogP contribution in [0.25, 0.3) is 0 Å². The first-order chi connectivity index (χ1) is 7.43. The Morgan fingerprint density at radius 3 is 2.38 bits per heavy atom. The minimum atomic E-state index is -1.06. The van der Waals surface area contributed by atoms with E-state index in [1.165, 1.54) is 0 Å².